The van der Waals surface area contributed by atoms with Crippen LogP contribution in [0.25, 0.3) is 11.1 Å². The van der Waals surface area contributed by atoms with Crippen LogP contribution < -0.4 is 10.1 Å². The highest BCUT2D eigenvalue weighted by Crippen LogP contribution is 2.33. The highest BCUT2D eigenvalue weighted by Gasteiger charge is 2.25. The second-order valence-electron chi connectivity index (χ2n) is 6.04. The van der Waals surface area contributed by atoms with E-state index < -0.39 is 0 Å². The highest BCUT2D eigenvalue weighted by atomic mass is 16.5. The monoisotopic (exact) mass is 338 g/mol. The Kier molecular flexibility index (Phi) is 3.76. The number of aromatic amines is 1. The summed E-state index contributed by atoms with van der Waals surface area (Å²) in [6.45, 7) is 1.84. The van der Waals surface area contributed by atoms with Gasteiger partial charge in [0.15, 0.2) is 5.69 Å². The van der Waals surface area contributed by atoms with E-state index in [2.05, 4.69) is 20.7 Å². The maximum atomic E-state index is 12.6. The molecule has 0 radical (unpaired) electrons. The van der Waals surface area contributed by atoms with E-state index in [0.29, 0.717) is 17.3 Å². The first-order valence-corrected chi connectivity index (χ1v) is 8.15. The number of ether oxygens (including phenoxy) is 1. The lowest BCUT2D eigenvalue weighted by Gasteiger charge is -2.06. The average Bonchev–Trinajstić information content (AvgIpc) is 3.31. The Hall–Kier alpha value is -3.09. The molecular formula is C18H18N4O3. The van der Waals surface area contributed by atoms with Crippen molar-refractivity contribution < 1.29 is 14.1 Å². The highest BCUT2D eigenvalue weighted by molar-refractivity contribution is 6.05. The van der Waals surface area contributed by atoms with Gasteiger partial charge in [0.05, 0.1) is 18.4 Å². The van der Waals surface area contributed by atoms with Crippen LogP contribution >= 0.6 is 0 Å². The number of aromatic nitrogens is 3. The Morgan fingerprint density at radius 1 is 1.28 bits per heavy atom. The van der Waals surface area contributed by atoms with E-state index in [9.17, 15) is 4.79 Å². The van der Waals surface area contributed by atoms with Gasteiger partial charge in [-0.2, -0.15) is 5.10 Å². The number of nitrogens with zero attached hydrogens (tertiary/aromatic N) is 2. The number of carbonyl (C=O) groups excluding carboxylic acids is 1. The maximum Gasteiger partial charge on any atom is 0.278 e. The summed E-state index contributed by atoms with van der Waals surface area (Å²) in [5, 5.41) is 13.9. The molecule has 1 aliphatic rings. The molecule has 0 aliphatic heterocycles. The summed E-state index contributed by atoms with van der Waals surface area (Å²) in [5.74, 6) is 0.795. The van der Waals surface area contributed by atoms with Crippen molar-refractivity contribution in [1.29, 1.82) is 0 Å². The molecule has 2 heterocycles. The number of amides is 1. The zero-order chi connectivity index (χ0) is 17.4. The first-order chi connectivity index (χ1) is 12.2. The molecule has 1 aromatic carbocycles. The second-order valence-corrected chi connectivity index (χ2v) is 6.04. The predicted octanol–water partition coefficient (Wildman–Crippen LogP) is 3.12. The Labute approximate surface area is 144 Å². The van der Waals surface area contributed by atoms with Crippen molar-refractivity contribution in [2.75, 3.05) is 12.4 Å². The largest absolute Gasteiger partial charge is 0.497 e. The van der Waals surface area contributed by atoms with Gasteiger partial charge in [0, 0.05) is 11.3 Å². The molecule has 1 aliphatic carbocycles. The summed E-state index contributed by atoms with van der Waals surface area (Å²) < 4.78 is 10.5. The van der Waals surface area contributed by atoms with Crippen molar-refractivity contribution in [1.82, 2.24) is 15.4 Å². The van der Waals surface area contributed by atoms with Crippen LogP contribution in [0.2, 0.25) is 0 Å². The van der Waals surface area contributed by atoms with Crippen LogP contribution in [0.4, 0.5) is 5.88 Å². The lowest BCUT2D eigenvalue weighted by Crippen LogP contribution is -2.14. The molecular weight excluding hydrogens is 320 g/mol. The third kappa shape index (κ3) is 2.67. The predicted molar refractivity (Wildman–Crippen MR) is 91.8 cm³/mol. The Bertz CT molecular complexity index is 924. The number of H-pyrrole nitrogens is 1. The number of rotatable bonds is 4. The Morgan fingerprint density at radius 2 is 2.08 bits per heavy atom. The topological polar surface area (TPSA) is 93.0 Å². The molecule has 2 aromatic heterocycles. The van der Waals surface area contributed by atoms with Crippen molar-refractivity contribution >= 4 is 11.8 Å². The van der Waals surface area contributed by atoms with Crippen molar-refractivity contribution in [3.63, 3.8) is 0 Å². The molecule has 3 aromatic rings. The Balaban J connectivity index is 1.64. The van der Waals surface area contributed by atoms with Crippen molar-refractivity contribution in [2.45, 2.75) is 26.2 Å². The van der Waals surface area contributed by atoms with Crippen molar-refractivity contribution in [2.24, 2.45) is 0 Å². The van der Waals surface area contributed by atoms with Gasteiger partial charge in [0.25, 0.3) is 5.91 Å². The minimum absolute atomic E-state index is 0.287. The van der Waals surface area contributed by atoms with Crippen molar-refractivity contribution in [3.8, 4) is 16.9 Å². The molecule has 0 saturated heterocycles. The first-order valence-electron chi connectivity index (χ1n) is 8.15. The second kappa shape index (κ2) is 6.08. The van der Waals surface area contributed by atoms with Gasteiger partial charge in [-0.25, -0.2) is 0 Å². The molecule has 0 unspecified atom stereocenters. The zero-order valence-corrected chi connectivity index (χ0v) is 14.0. The molecule has 7 nitrogen and oxygen atoms in total. The number of anilines is 1. The van der Waals surface area contributed by atoms with E-state index in [0.717, 1.165) is 47.4 Å². The molecule has 4 rings (SSSR count). The minimum Gasteiger partial charge on any atom is -0.497 e. The van der Waals surface area contributed by atoms with E-state index in [1.165, 1.54) is 0 Å². The van der Waals surface area contributed by atoms with E-state index in [4.69, 9.17) is 9.26 Å². The van der Waals surface area contributed by atoms with E-state index >= 15 is 0 Å². The van der Waals surface area contributed by atoms with Crippen LogP contribution in [0.3, 0.4) is 0 Å². The van der Waals surface area contributed by atoms with Crippen LogP contribution in [0.1, 0.15) is 33.9 Å². The number of nitrogens with one attached hydrogen (secondary N) is 2. The van der Waals surface area contributed by atoms with Crippen LogP contribution in [0, 0.1) is 6.92 Å². The molecule has 128 valence electrons. The number of methoxy groups -OCH3 is 1. The van der Waals surface area contributed by atoms with Gasteiger partial charge < -0.3 is 9.26 Å². The number of aryl methyl sites for hydroxylation is 2. The van der Waals surface area contributed by atoms with E-state index in [1.807, 2.05) is 31.2 Å². The van der Waals surface area contributed by atoms with Crippen molar-refractivity contribution in [3.05, 3.63) is 46.9 Å². The number of hydrogen-bond acceptors (Lipinski definition) is 5. The van der Waals surface area contributed by atoms with E-state index in [-0.39, 0.29) is 5.91 Å². The van der Waals surface area contributed by atoms with Gasteiger partial charge in [-0.1, -0.05) is 17.3 Å². The number of carbonyl (C=O) groups is 1. The summed E-state index contributed by atoms with van der Waals surface area (Å²) in [6, 6.07) is 7.52. The van der Waals surface area contributed by atoms with Gasteiger partial charge in [-0.15, -0.1) is 0 Å². The molecule has 0 fully saturated rings. The fourth-order valence-corrected chi connectivity index (χ4v) is 3.22. The quantitative estimate of drug-likeness (QED) is 0.762. The summed E-state index contributed by atoms with van der Waals surface area (Å²) in [5.41, 5.74) is 4.83. The molecule has 25 heavy (non-hydrogen) atoms. The van der Waals surface area contributed by atoms with Gasteiger partial charge in [-0.05, 0) is 43.9 Å². The molecule has 0 atom stereocenters. The lowest BCUT2D eigenvalue weighted by atomic mass is 10.1. The molecule has 7 heteroatoms. The summed E-state index contributed by atoms with van der Waals surface area (Å²) in [4.78, 5) is 12.6. The standard InChI is InChI=1S/C18H18N4O3/c1-10-15(11-6-8-12(24-2)9-7-11)18(25-22-10)19-17(23)16-13-4-3-5-14(13)20-21-16/h6-9H,3-5H2,1-2H3,(H,19,23)(H,20,21). The molecule has 2 N–H and O–H groups in total. The van der Waals surface area contributed by atoms with Crippen LogP contribution in [-0.4, -0.2) is 28.4 Å². The van der Waals surface area contributed by atoms with Gasteiger partial charge >= 0.3 is 0 Å². The van der Waals surface area contributed by atoms with Crippen LogP contribution in [-0.2, 0) is 12.8 Å². The Morgan fingerprint density at radius 3 is 2.84 bits per heavy atom. The van der Waals surface area contributed by atoms with E-state index in [1.54, 1.807) is 7.11 Å². The van der Waals surface area contributed by atoms with Gasteiger partial charge in [0.2, 0.25) is 5.88 Å². The first kappa shape index (κ1) is 15.4. The average molecular weight is 338 g/mol. The summed E-state index contributed by atoms with van der Waals surface area (Å²) in [6.07, 6.45) is 2.85. The molecule has 0 spiro atoms. The molecule has 0 bridgehead atoms. The van der Waals surface area contributed by atoms with Crippen LogP contribution in [0.15, 0.2) is 28.8 Å². The summed E-state index contributed by atoms with van der Waals surface area (Å²) >= 11 is 0. The number of fused-ring (bicyclic) bond motifs is 1. The third-order valence-electron chi connectivity index (χ3n) is 4.49. The molecule has 1 amide bonds. The fraction of sp³-hybridized carbons (Fsp3) is 0.278. The van der Waals surface area contributed by atoms with Gasteiger partial charge in [0.1, 0.15) is 5.75 Å². The fourth-order valence-electron chi connectivity index (χ4n) is 3.22. The zero-order valence-electron chi connectivity index (χ0n) is 14.0. The van der Waals surface area contributed by atoms with Gasteiger partial charge in [-0.3, -0.25) is 15.2 Å². The summed E-state index contributed by atoms with van der Waals surface area (Å²) in [7, 11) is 1.62. The number of hydrogen-bond donors (Lipinski definition) is 2. The third-order valence-corrected chi connectivity index (χ3v) is 4.49. The van der Waals surface area contributed by atoms with Crippen LogP contribution in [0.5, 0.6) is 5.75 Å². The minimum atomic E-state index is -0.287. The number of benzene rings is 1. The maximum absolute atomic E-state index is 12.6. The molecule has 0 saturated carbocycles. The smallest absolute Gasteiger partial charge is 0.278 e. The SMILES string of the molecule is COc1ccc(-c2c(C)noc2NC(=O)c2n[nH]c3c2CCC3)cc1. The lowest BCUT2D eigenvalue weighted by molar-refractivity contribution is 0.101. The normalized spacial score (nSPS) is 12.9.